The normalized spacial score (nSPS) is 13.5. The molecule has 6 nitrogen and oxygen atoms in total. The first-order valence-corrected chi connectivity index (χ1v) is 5.71. The smallest absolute Gasteiger partial charge is 0.231 e. The number of fused-ring (bicyclic) bond motifs is 2. The van der Waals surface area contributed by atoms with Crippen LogP contribution in [-0.2, 0) is 6.54 Å². The van der Waals surface area contributed by atoms with E-state index in [4.69, 9.17) is 15.2 Å². The molecule has 0 fully saturated rings. The van der Waals surface area contributed by atoms with Crippen LogP contribution in [0.5, 0.6) is 11.5 Å². The van der Waals surface area contributed by atoms with Crippen LogP contribution in [0.25, 0.3) is 11.0 Å². The highest BCUT2D eigenvalue weighted by atomic mass is 16.7. The molecular formula is C11H14N4O2. The molecule has 0 radical (unpaired) electrons. The average Bonchev–Trinajstić information content (AvgIpc) is 2.90. The molecule has 1 aromatic heterocycles. The van der Waals surface area contributed by atoms with E-state index < -0.39 is 0 Å². The molecule has 0 aliphatic carbocycles. The van der Waals surface area contributed by atoms with Crippen LogP contribution in [0, 0.1) is 0 Å². The molecule has 0 atom stereocenters. The quantitative estimate of drug-likeness (QED) is 0.795. The first-order chi connectivity index (χ1) is 8.36. The van der Waals surface area contributed by atoms with Gasteiger partial charge in [0, 0.05) is 12.1 Å². The Morgan fingerprint density at radius 1 is 1.12 bits per heavy atom. The van der Waals surface area contributed by atoms with Crippen LogP contribution < -0.4 is 15.2 Å². The molecule has 0 bridgehead atoms. The Balaban J connectivity index is 1.86. The van der Waals surface area contributed by atoms with Crippen molar-refractivity contribution in [3.63, 3.8) is 0 Å². The zero-order chi connectivity index (χ0) is 11.7. The van der Waals surface area contributed by atoms with Crippen LogP contribution in [0.3, 0.4) is 0 Å². The van der Waals surface area contributed by atoms with Gasteiger partial charge in [-0.2, -0.15) is 15.0 Å². The van der Waals surface area contributed by atoms with Crippen molar-refractivity contribution in [3.8, 4) is 11.5 Å². The lowest BCUT2D eigenvalue weighted by molar-refractivity contribution is 0.174. The lowest BCUT2D eigenvalue weighted by Crippen LogP contribution is -2.05. The van der Waals surface area contributed by atoms with Crippen LogP contribution in [0.2, 0.25) is 0 Å². The first kappa shape index (κ1) is 10.3. The van der Waals surface area contributed by atoms with Gasteiger partial charge < -0.3 is 15.2 Å². The summed E-state index contributed by atoms with van der Waals surface area (Å²) in [5, 5.41) is 8.78. The maximum Gasteiger partial charge on any atom is 0.231 e. The fraction of sp³-hybridized carbons (Fsp3) is 0.455. The molecular weight excluding hydrogens is 220 g/mol. The molecule has 3 rings (SSSR count). The first-order valence-electron chi connectivity index (χ1n) is 5.71. The second kappa shape index (κ2) is 4.21. The van der Waals surface area contributed by atoms with E-state index in [9.17, 15) is 0 Å². The van der Waals surface area contributed by atoms with E-state index in [0.29, 0.717) is 6.54 Å². The van der Waals surface area contributed by atoms with Crippen molar-refractivity contribution < 1.29 is 9.47 Å². The molecule has 0 spiro atoms. The predicted molar refractivity (Wildman–Crippen MR) is 61.9 cm³/mol. The van der Waals surface area contributed by atoms with Gasteiger partial charge in [-0.3, -0.25) is 0 Å². The van der Waals surface area contributed by atoms with Gasteiger partial charge in [0.2, 0.25) is 6.79 Å². The minimum atomic E-state index is 0.276. The third-order valence-corrected chi connectivity index (χ3v) is 2.73. The summed E-state index contributed by atoms with van der Waals surface area (Å²) in [6, 6.07) is 3.73. The highest BCUT2D eigenvalue weighted by Gasteiger charge is 2.16. The zero-order valence-corrected chi connectivity index (χ0v) is 9.43. The van der Waals surface area contributed by atoms with E-state index >= 15 is 0 Å². The summed E-state index contributed by atoms with van der Waals surface area (Å²) in [5.74, 6) is 1.48. The molecule has 2 heterocycles. The van der Waals surface area contributed by atoms with Crippen molar-refractivity contribution in [2.24, 2.45) is 5.73 Å². The van der Waals surface area contributed by atoms with Crippen LogP contribution in [0.4, 0.5) is 0 Å². The van der Waals surface area contributed by atoms with Gasteiger partial charge >= 0.3 is 0 Å². The van der Waals surface area contributed by atoms with Crippen molar-refractivity contribution in [2.75, 3.05) is 13.3 Å². The molecule has 2 aromatic rings. The molecule has 6 heteroatoms. The van der Waals surface area contributed by atoms with Gasteiger partial charge in [-0.05, 0) is 19.4 Å². The molecule has 1 aliphatic heterocycles. The summed E-state index contributed by atoms with van der Waals surface area (Å²) >= 11 is 0. The topological polar surface area (TPSA) is 75.2 Å². The van der Waals surface area contributed by atoms with Crippen LogP contribution in [0.1, 0.15) is 12.8 Å². The second-order valence-electron chi connectivity index (χ2n) is 3.99. The van der Waals surface area contributed by atoms with Crippen molar-refractivity contribution in [1.82, 2.24) is 15.0 Å². The van der Waals surface area contributed by atoms with E-state index in [1.54, 1.807) is 4.80 Å². The predicted octanol–water partition coefficient (Wildman–Crippen LogP) is 0.899. The fourth-order valence-electron chi connectivity index (χ4n) is 1.85. The molecule has 90 valence electrons. The highest BCUT2D eigenvalue weighted by molar-refractivity contribution is 5.78. The Kier molecular flexibility index (Phi) is 2.56. The van der Waals surface area contributed by atoms with Gasteiger partial charge in [-0.1, -0.05) is 0 Å². The molecule has 0 saturated heterocycles. The number of hydrogen-bond donors (Lipinski definition) is 1. The molecule has 0 saturated carbocycles. The molecule has 0 amide bonds. The number of ether oxygens (including phenoxy) is 2. The van der Waals surface area contributed by atoms with Gasteiger partial charge in [0.1, 0.15) is 11.0 Å². The average molecular weight is 234 g/mol. The maximum atomic E-state index is 5.45. The van der Waals surface area contributed by atoms with Crippen LogP contribution >= 0.6 is 0 Å². The summed E-state index contributed by atoms with van der Waals surface area (Å²) in [6.07, 6.45) is 1.98. The van der Waals surface area contributed by atoms with E-state index in [-0.39, 0.29) is 6.79 Å². The standard InChI is InChI=1S/C11H14N4O2/c12-3-1-2-4-15-13-8-5-10-11(17-7-16-10)6-9(8)14-15/h5-6H,1-4,7,12H2. The van der Waals surface area contributed by atoms with Crippen molar-refractivity contribution >= 4 is 11.0 Å². The Morgan fingerprint density at radius 2 is 1.76 bits per heavy atom. The van der Waals surface area contributed by atoms with E-state index in [1.165, 1.54) is 0 Å². The second-order valence-corrected chi connectivity index (χ2v) is 3.99. The molecule has 1 aliphatic rings. The molecule has 0 unspecified atom stereocenters. The van der Waals surface area contributed by atoms with E-state index in [0.717, 1.165) is 41.9 Å². The summed E-state index contributed by atoms with van der Waals surface area (Å²) in [7, 11) is 0. The van der Waals surface area contributed by atoms with Crippen LogP contribution in [0.15, 0.2) is 12.1 Å². The van der Waals surface area contributed by atoms with Gasteiger partial charge in [-0.25, -0.2) is 0 Å². The number of rotatable bonds is 4. The van der Waals surface area contributed by atoms with Gasteiger partial charge in [0.25, 0.3) is 0 Å². The third-order valence-electron chi connectivity index (χ3n) is 2.73. The van der Waals surface area contributed by atoms with Crippen LogP contribution in [-0.4, -0.2) is 28.3 Å². The Morgan fingerprint density at radius 3 is 2.35 bits per heavy atom. The Labute approximate surface area is 98.3 Å². The van der Waals surface area contributed by atoms with E-state index in [1.807, 2.05) is 12.1 Å². The van der Waals surface area contributed by atoms with E-state index in [2.05, 4.69) is 10.2 Å². The number of hydrogen-bond acceptors (Lipinski definition) is 5. The zero-order valence-electron chi connectivity index (χ0n) is 9.43. The number of aryl methyl sites for hydroxylation is 1. The lowest BCUT2D eigenvalue weighted by Gasteiger charge is -1.96. The molecule has 17 heavy (non-hydrogen) atoms. The minimum Gasteiger partial charge on any atom is -0.454 e. The largest absolute Gasteiger partial charge is 0.454 e. The number of nitrogens with two attached hydrogens (primary N) is 1. The summed E-state index contributed by atoms with van der Waals surface area (Å²) in [6.45, 7) is 1.77. The van der Waals surface area contributed by atoms with Crippen molar-refractivity contribution in [1.29, 1.82) is 0 Å². The number of benzene rings is 1. The van der Waals surface area contributed by atoms with Gasteiger partial charge in [0.15, 0.2) is 11.5 Å². The highest BCUT2D eigenvalue weighted by Crippen LogP contribution is 2.34. The number of unbranched alkanes of at least 4 members (excludes halogenated alkanes) is 1. The Hall–Kier alpha value is -1.82. The van der Waals surface area contributed by atoms with Crippen molar-refractivity contribution in [3.05, 3.63) is 12.1 Å². The molecule has 2 N–H and O–H groups in total. The maximum absolute atomic E-state index is 5.45. The fourth-order valence-corrected chi connectivity index (χ4v) is 1.85. The van der Waals surface area contributed by atoms with Gasteiger partial charge in [-0.15, -0.1) is 0 Å². The minimum absolute atomic E-state index is 0.276. The summed E-state index contributed by atoms with van der Waals surface area (Å²) in [4.78, 5) is 1.70. The number of aromatic nitrogens is 3. The monoisotopic (exact) mass is 234 g/mol. The summed E-state index contributed by atoms with van der Waals surface area (Å²) < 4.78 is 10.6. The third kappa shape index (κ3) is 1.91. The molecule has 1 aromatic carbocycles. The lowest BCUT2D eigenvalue weighted by atomic mass is 10.3. The van der Waals surface area contributed by atoms with Crippen molar-refractivity contribution in [2.45, 2.75) is 19.4 Å². The summed E-state index contributed by atoms with van der Waals surface area (Å²) in [5.41, 5.74) is 7.12. The number of nitrogens with zero attached hydrogens (tertiary/aromatic N) is 3. The Bertz CT molecular complexity index is 496. The van der Waals surface area contributed by atoms with Gasteiger partial charge in [0.05, 0.1) is 6.54 Å². The SMILES string of the molecule is NCCCCn1nc2cc3c(cc2n1)OCO3.